The SMILES string of the molecule is CCNC(=NCC(C)c1cccs1)NCCCc1nnc2ccccn12. The summed E-state index contributed by atoms with van der Waals surface area (Å²) in [6, 6.07) is 10.2. The number of nitrogens with zero attached hydrogens (tertiary/aromatic N) is 4. The van der Waals surface area contributed by atoms with Gasteiger partial charge in [0.2, 0.25) is 0 Å². The number of pyridine rings is 1. The number of aliphatic imine (C=N–C) groups is 1. The van der Waals surface area contributed by atoms with Crippen molar-refractivity contribution in [1.82, 2.24) is 25.2 Å². The van der Waals surface area contributed by atoms with Crippen LogP contribution in [0.1, 0.15) is 36.9 Å². The molecule has 0 aliphatic heterocycles. The quantitative estimate of drug-likeness (QED) is 0.363. The lowest BCUT2D eigenvalue weighted by atomic mass is 10.1. The number of nitrogens with one attached hydrogen (secondary N) is 2. The van der Waals surface area contributed by atoms with Gasteiger partial charge in [-0.3, -0.25) is 9.39 Å². The molecule has 7 heteroatoms. The van der Waals surface area contributed by atoms with E-state index in [1.165, 1.54) is 4.88 Å². The minimum Gasteiger partial charge on any atom is -0.357 e. The van der Waals surface area contributed by atoms with Gasteiger partial charge in [0.05, 0.1) is 6.54 Å². The van der Waals surface area contributed by atoms with Gasteiger partial charge >= 0.3 is 0 Å². The van der Waals surface area contributed by atoms with Crippen molar-refractivity contribution in [3.63, 3.8) is 0 Å². The number of aryl methyl sites for hydroxylation is 1. The molecule has 3 heterocycles. The summed E-state index contributed by atoms with van der Waals surface area (Å²) < 4.78 is 2.04. The van der Waals surface area contributed by atoms with Crippen molar-refractivity contribution in [1.29, 1.82) is 0 Å². The summed E-state index contributed by atoms with van der Waals surface area (Å²) in [7, 11) is 0. The molecule has 0 amide bonds. The number of hydrogen-bond acceptors (Lipinski definition) is 4. The molecule has 26 heavy (non-hydrogen) atoms. The van der Waals surface area contributed by atoms with Crippen molar-refractivity contribution in [3.05, 3.63) is 52.6 Å². The monoisotopic (exact) mass is 370 g/mol. The van der Waals surface area contributed by atoms with Crippen molar-refractivity contribution in [2.45, 2.75) is 32.6 Å². The Hall–Kier alpha value is -2.41. The minimum absolute atomic E-state index is 0.438. The van der Waals surface area contributed by atoms with E-state index in [2.05, 4.69) is 52.2 Å². The number of hydrogen-bond donors (Lipinski definition) is 2. The van der Waals surface area contributed by atoms with Gasteiger partial charge in [-0.25, -0.2) is 0 Å². The molecular formula is C19H26N6S. The van der Waals surface area contributed by atoms with Crippen molar-refractivity contribution in [3.8, 4) is 0 Å². The summed E-state index contributed by atoms with van der Waals surface area (Å²) in [5, 5.41) is 17.3. The Kier molecular flexibility index (Phi) is 6.60. The maximum absolute atomic E-state index is 4.72. The molecule has 0 aromatic carbocycles. The lowest BCUT2D eigenvalue weighted by Gasteiger charge is -2.12. The van der Waals surface area contributed by atoms with Crippen LogP contribution in [0.2, 0.25) is 0 Å². The van der Waals surface area contributed by atoms with Crippen molar-refractivity contribution in [2.24, 2.45) is 4.99 Å². The Balaban J connectivity index is 1.48. The summed E-state index contributed by atoms with van der Waals surface area (Å²) in [5.74, 6) is 2.31. The van der Waals surface area contributed by atoms with Crippen LogP contribution in [-0.2, 0) is 6.42 Å². The summed E-state index contributed by atoms with van der Waals surface area (Å²) >= 11 is 1.79. The largest absolute Gasteiger partial charge is 0.357 e. The average Bonchev–Trinajstić information content (AvgIpc) is 3.33. The second kappa shape index (κ2) is 9.33. The molecule has 0 fully saturated rings. The molecule has 0 radical (unpaired) electrons. The maximum Gasteiger partial charge on any atom is 0.191 e. The highest BCUT2D eigenvalue weighted by Gasteiger charge is 2.07. The molecule has 0 spiro atoms. The third kappa shape index (κ3) is 4.82. The summed E-state index contributed by atoms with van der Waals surface area (Å²) in [5.41, 5.74) is 0.896. The highest BCUT2D eigenvalue weighted by molar-refractivity contribution is 7.10. The molecule has 3 rings (SSSR count). The molecule has 0 bridgehead atoms. The first-order valence-electron chi connectivity index (χ1n) is 9.12. The Morgan fingerprint density at radius 3 is 2.96 bits per heavy atom. The van der Waals surface area contributed by atoms with Crippen LogP contribution in [0.5, 0.6) is 0 Å². The van der Waals surface area contributed by atoms with Gasteiger partial charge in [-0.2, -0.15) is 0 Å². The zero-order valence-corrected chi connectivity index (χ0v) is 16.2. The van der Waals surface area contributed by atoms with Gasteiger partial charge in [-0.15, -0.1) is 21.5 Å². The van der Waals surface area contributed by atoms with Crippen LogP contribution < -0.4 is 10.6 Å². The molecule has 0 aliphatic carbocycles. The second-order valence-electron chi connectivity index (χ2n) is 6.21. The van der Waals surface area contributed by atoms with E-state index in [-0.39, 0.29) is 0 Å². The molecule has 2 N–H and O–H groups in total. The zero-order valence-electron chi connectivity index (χ0n) is 15.4. The third-order valence-corrected chi connectivity index (χ3v) is 5.25. The van der Waals surface area contributed by atoms with Gasteiger partial charge in [0, 0.05) is 36.5 Å². The van der Waals surface area contributed by atoms with Gasteiger partial charge in [0.25, 0.3) is 0 Å². The number of aromatic nitrogens is 3. The molecule has 3 aromatic rings. The number of guanidine groups is 1. The van der Waals surface area contributed by atoms with E-state index in [4.69, 9.17) is 4.99 Å². The van der Waals surface area contributed by atoms with E-state index >= 15 is 0 Å². The zero-order chi connectivity index (χ0) is 18.2. The standard InChI is InChI=1S/C19H26N6S/c1-3-20-19(22-14-15(2)16-8-7-13-26-16)21-11-6-10-18-24-23-17-9-4-5-12-25(17)18/h4-5,7-9,12-13,15H,3,6,10-11,14H2,1-2H3,(H2,20,21,22). The van der Waals surface area contributed by atoms with E-state index in [0.717, 1.165) is 49.9 Å². The van der Waals surface area contributed by atoms with Crippen molar-refractivity contribution >= 4 is 22.9 Å². The second-order valence-corrected chi connectivity index (χ2v) is 7.19. The fourth-order valence-corrected chi connectivity index (χ4v) is 3.52. The van der Waals surface area contributed by atoms with Crippen LogP contribution >= 0.6 is 11.3 Å². The van der Waals surface area contributed by atoms with Gasteiger partial charge in [0.1, 0.15) is 5.82 Å². The van der Waals surface area contributed by atoms with E-state index in [9.17, 15) is 0 Å². The smallest absolute Gasteiger partial charge is 0.191 e. The molecule has 3 aromatic heterocycles. The molecular weight excluding hydrogens is 344 g/mol. The first kappa shape index (κ1) is 18.4. The van der Waals surface area contributed by atoms with E-state index in [1.54, 1.807) is 11.3 Å². The van der Waals surface area contributed by atoms with Crippen LogP contribution in [0.15, 0.2) is 46.9 Å². The highest BCUT2D eigenvalue weighted by Crippen LogP contribution is 2.20. The summed E-state index contributed by atoms with van der Waals surface area (Å²) in [6.45, 7) is 6.79. The van der Waals surface area contributed by atoms with Crippen LogP contribution in [0, 0.1) is 0 Å². The predicted molar refractivity (Wildman–Crippen MR) is 108 cm³/mol. The third-order valence-electron chi connectivity index (χ3n) is 4.15. The maximum atomic E-state index is 4.72. The number of fused-ring (bicyclic) bond motifs is 1. The van der Waals surface area contributed by atoms with Crippen molar-refractivity contribution in [2.75, 3.05) is 19.6 Å². The Morgan fingerprint density at radius 1 is 1.23 bits per heavy atom. The predicted octanol–water partition coefficient (Wildman–Crippen LogP) is 3.08. The molecule has 0 aliphatic rings. The topological polar surface area (TPSA) is 66.6 Å². The Morgan fingerprint density at radius 2 is 2.15 bits per heavy atom. The lowest BCUT2D eigenvalue weighted by Crippen LogP contribution is -2.38. The molecule has 138 valence electrons. The molecule has 0 saturated carbocycles. The number of thiophene rings is 1. The summed E-state index contributed by atoms with van der Waals surface area (Å²) in [6.07, 6.45) is 3.86. The van der Waals surface area contributed by atoms with E-state index in [0.29, 0.717) is 5.92 Å². The number of rotatable bonds is 8. The molecule has 6 nitrogen and oxygen atoms in total. The molecule has 1 atom stereocenters. The fraction of sp³-hybridized carbons (Fsp3) is 0.421. The van der Waals surface area contributed by atoms with Crippen LogP contribution in [0.4, 0.5) is 0 Å². The molecule has 0 saturated heterocycles. The normalized spacial score (nSPS) is 13.1. The van der Waals surface area contributed by atoms with Gasteiger partial charge in [0.15, 0.2) is 11.6 Å². The van der Waals surface area contributed by atoms with Crippen LogP contribution in [-0.4, -0.2) is 40.2 Å². The van der Waals surface area contributed by atoms with Gasteiger partial charge in [-0.05, 0) is 36.9 Å². The van der Waals surface area contributed by atoms with Gasteiger partial charge in [-0.1, -0.05) is 19.1 Å². The Labute approximate surface area is 158 Å². The average molecular weight is 371 g/mol. The first-order valence-corrected chi connectivity index (χ1v) is 10.00. The fourth-order valence-electron chi connectivity index (χ4n) is 2.75. The highest BCUT2D eigenvalue weighted by atomic mass is 32.1. The van der Waals surface area contributed by atoms with Crippen LogP contribution in [0.25, 0.3) is 5.65 Å². The molecule has 1 unspecified atom stereocenters. The van der Waals surface area contributed by atoms with Gasteiger partial charge < -0.3 is 10.6 Å². The lowest BCUT2D eigenvalue weighted by molar-refractivity contribution is 0.708. The Bertz CT molecular complexity index is 824. The first-order chi connectivity index (χ1) is 12.8. The van der Waals surface area contributed by atoms with Crippen LogP contribution in [0.3, 0.4) is 0 Å². The van der Waals surface area contributed by atoms with E-state index in [1.807, 2.05) is 28.8 Å². The summed E-state index contributed by atoms with van der Waals surface area (Å²) in [4.78, 5) is 6.10. The minimum atomic E-state index is 0.438. The van der Waals surface area contributed by atoms with Crippen molar-refractivity contribution < 1.29 is 0 Å². The van der Waals surface area contributed by atoms with E-state index < -0.39 is 0 Å².